The Labute approximate surface area is 121 Å². The van der Waals surface area contributed by atoms with Gasteiger partial charge in [-0.1, -0.05) is 0 Å². The summed E-state index contributed by atoms with van der Waals surface area (Å²) in [4.78, 5) is 39.1. The Morgan fingerprint density at radius 2 is 2.10 bits per heavy atom. The highest BCUT2D eigenvalue weighted by molar-refractivity contribution is 6.02. The van der Waals surface area contributed by atoms with Crippen molar-refractivity contribution in [3.8, 4) is 0 Å². The molecule has 1 aliphatic heterocycles. The number of aliphatic carboxylic acids is 1. The van der Waals surface area contributed by atoms with Gasteiger partial charge in [-0.25, -0.2) is 4.90 Å². The molecule has 118 valence electrons. The van der Waals surface area contributed by atoms with Crippen LogP contribution in [0, 0.1) is 5.21 Å². The van der Waals surface area contributed by atoms with E-state index in [1.807, 2.05) is 0 Å². The molecule has 0 aromatic heterocycles. The first-order valence-electron chi connectivity index (χ1n) is 6.44. The van der Waals surface area contributed by atoms with Gasteiger partial charge in [-0.2, -0.15) is 0 Å². The van der Waals surface area contributed by atoms with Crippen LogP contribution in [0.1, 0.15) is 32.6 Å². The van der Waals surface area contributed by atoms with Crippen molar-refractivity contribution in [2.24, 2.45) is 5.28 Å². The fourth-order valence-electron chi connectivity index (χ4n) is 1.76. The third kappa shape index (κ3) is 4.89. The number of rotatable bonds is 8. The van der Waals surface area contributed by atoms with E-state index < -0.39 is 12.2 Å². The molecule has 1 heterocycles. The molecule has 1 aliphatic rings. The molecule has 0 saturated carbocycles. The minimum absolute atomic E-state index is 0.0633. The number of hydrazine groups is 1. The van der Waals surface area contributed by atoms with Gasteiger partial charge in [0.25, 0.3) is 0 Å². The minimum atomic E-state index is -0.962. The van der Waals surface area contributed by atoms with Crippen LogP contribution < -0.4 is 0 Å². The molecule has 2 amide bonds. The standard InChI is InChI=1S/C11H18N4O6/c1-8(14-9(16)5-6-10(14)17)21-12-15(20)13(2)7-3-4-11(18)19/h8H,3-7H2,1-2H3,(H,18,19). The lowest BCUT2D eigenvalue weighted by molar-refractivity contribution is -0.707. The molecule has 10 nitrogen and oxygen atoms in total. The van der Waals surface area contributed by atoms with E-state index in [1.54, 1.807) is 0 Å². The van der Waals surface area contributed by atoms with Crippen LogP contribution in [0.5, 0.6) is 0 Å². The van der Waals surface area contributed by atoms with E-state index in [0.717, 1.165) is 9.91 Å². The minimum Gasteiger partial charge on any atom is -0.569 e. The van der Waals surface area contributed by atoms with Crippen molar-refractivity contribution >= 4 is 17.8 Å². The first-order chi connectivity index (χ1) is 9.82. The molecule has 1 atom stereocenters. The van der Waals surface area contributed by atoms with E-state index in [2.05, 4.69) is 5.28 Å². The van der Waals surface area contributed by atoms with Gasteiger partial charge in [-0.05, 0) is 13.3 Å². The fourth-order valence-corrected chi connectivity index (χ4v) is 1.76. The smallest absolute Gasteiger partial charge is 0.303 e. The zero-order chi connectivity index (χ0) is 16.0. The number of carboxylic acids is 1. The molecule has 0 aromatic carbocycles. The van der Waals surface area contributed by atoms with E-state index >= 15 is 0 Å². The van der Waals surface area contributed by atoms with Crippen LogP contribution in [0.2, 0.25) is 0 Å². The zero-order valence-electron chi connectivity index (χ0n) is 11.9. The number of carboxylic acid groups (broad SMARTS) is 1. The van der Waals surface area contributed by atoms with Gasteiger partial charge in [0.05, 0.1) is 18.6 Å². The van der Waals surface area contributed by atoms with Gasteiger partial charge in [0.15, 0.2) is 0 Å². The van der Waals surface area contributed by atoms with E-state index in [4.69, 9.17) is 9.94 Å². The Kier molecular flexibility index (Phi) is 5.88. The molecule has 0 spiro atoms. The van der Waals surface area contributed by atoms with E-state index in [9.17, 15) is 19.6 Å². The Morgan fingerprint density at radius 1 is 1.52 bits per heavy atom. The quantitative estimate of drug-likeness (QED) is 0.291. The Hall–Kier alpha value is -2.39. The summed E-state index contributed by atoms with van der Waals surface area (Å²) in [5, 5.41) is 24.4. The Bertz CT molecular complexity index is 436. The van der Waals surface area contributed by atoms with Crippen LogP contribution in [-0.4, -0.2) is 57.6 Å². The van der Waals surface area contributed by atoms with Crippen molar-refractivity contribution in [1.82, 2.24) is 9.91 Å². The van der Waals surface area contributed by atoms with Gasteiger partial charge in [0.1, 0.15) is 0 Å². The number of amides is 2. The molecule has 1 fully saturated rings. The summed E-state index contributed by atoms with van der Waals surface area (Å²) < 4.78 is 0. The highest BCUT2D eigenvalue weighted by Crippen LogP contribution is 2.16. The fraction of sp³-hybridized carbons (Fsp3) is 0.727. The lowest BCUT2D eigenvalue weighted by Gasteiger charge is -2.19. The molecule has 0 aliphatic carbocycles. The topological polar surface area (TPSA) is 126 Å². The molecule has 0 bridgehead atoms. The predicted molar refractivity (Wildman–Crippen MR) is 67.2 cm³/mol. The number of carbonyl (C=O) groups is 3. The van der Waals surface area contributed by atoms with Crippen molar-refractivity contribution in [2.75, 3.05) is 13.6 Å². The first kappa shape index (κ1) is 16.7. The van der Waals surface area contributed by atoms with Crippen molar-refractivity contribution < 1.29 is 29.3 Å². The molecule has 10 heteroatoms. The largest absolute Gasteiger partial charge is 0.569 e. The maximum atomic E-state index is 11.5. The van der Waals surface area contributed by atoms with Gasteiger partial charge < -0.3 is 15.2 Å². The molecule has 1 unspecified atom stereocenters. The number of hydrogen-bond donors (Lipinski definition) is 1. The third-order valence-electron chi connectivity index (χ3n) is 2.89. The molecular weight excluding hydrogens is 284 g/mol. The third-order valence-corrected chi connectivity index (χ3v) is 2.89. The Morgan fingerprint density at radius 3 is 2.62 bits per heavy atom. The van der Waals surface area contributed by atoms with E-state index in [1.165, 1.54) is 14.0 Å². The van der Waals surface area contributed by atoms with Crippen LogP contribution >= 0.6 is 0 Å². The number of likely N-dealkylation sites (tertiary alicyclic amines) is 1. The molecule has 0 radical (unpaired) electrons. The number of hydrogen-bond acceptors (Lipinski definition) is 6. The molecule has 1 N–H and O–H groups in total. The monoisotopic (exact) mass is 302 g/mol. The molecular formula is C11H18N4O6. The summed E-state index contributed by atoms with van der Waals surface area (Å²) in [6, 6.07) is 0. The SMILES string of the molecule is CC(ON=[N+]([O-])N(C)CCCC(=O)O)N1C(=O)CCC1=O. The zero-order valence-corrected chi connectivity index (χ0v) is 11.9. The van der Waals surface area contributed by atoms with Crippen molar-refractivity contribution in [1.29, 1.82) is 0 Å². The lowest BCUT2D eigenvalue weighted by atomic mass is 10.3. The number of imide groups is 1. The summed E-state index contributed by atoms with van der Waals surface area (Å²) in [5.41, 5.74) is 0. The highest BCUT2D eigenvalue weighted by Gasteiger charge is 2.34. The summed E-state index contributed by atoms with van der Waals surface area (Å²) in [5.74, 6) is -1.68. The highest BCUT2D eigenvalue weighted by atomic mass is 16.7. The second-order valence-electron chi connectivity index (χ2n) is 4.58. The number of nitrogens with zero attached hydrogens (tertiary/aromatic N) is 4. The Balaban J connectivity index is 2.45. The lowest BCUT2D eigenvalue weighted by Crippen LogP contribution is -2.39. The normalized spacial score (nSPS) is 17.0. The summed E-state index contributed by atoms with van der Waals surface area (Å²) in [6.07, 6.45) is -0.493. The van der Waals surface area contributed by atoms with Gasteiger partial charge in [-0.3, -0.25) is 14.4 Å². The molecule has 1 rings (SSSR count). The molecule has 1 saturated heterocycles. The maximum absolute atomic E-state index is 11.5. The number of carbonyl (C=O) groups excluding carboxylic acids is 2. The van der Waals surface area contributed by atoms with Crippen molar-refractivity contribution in [2.45, 2.75) is 38.8 Å². The van der Waals surface area contributed by atoms with Crippen LogP contribution in [-0.2, 0) is 19.2 Å². The average Bonchev–Trinajstić information content (AvgIpc) is 2.74. The summed E-state index contributed by atoms with van der Waals surface area (Å²) in [7, 11) is 1.42. The first-order valence-corrected chi connectivity index (χ1v) is 6.44. The van der Waals surface area contributed by atoms with Crippen LogP contribution in [0.3, 0.4) is 0 Å². The predicted octanol–water partition coefficient (Wildman–Crippen LogP) is 0.0871. The summed E-state index contributed by atoms with van der Waals surface area (Å²) in [6.45, 7) is 1.61. The second-order valence-corrected chi connectivity index (χ2v) is 4.58. The van der Waals surface area contributed by atoms with E-state index in [0.29, 0.717) is 0 Å². The molecule has 21 heavy (non-hydrogen) atoms. The van der Waals surface area contributed by atoms with Crippen LogP contribution in [0.25, 0.3) is 0 Å². The van der Waals surface area contributed by atoms with E-state index in [-0.39, 0.29) is 49.0 Å². The van der Waals surface area contributed by atoms with Crippen molar-refractivity contribution in [3.63, 3.8) is 0 Å². The van der Waals surface area contributed by atoms with Crippen LogP contribution in [0.4, 0.5) is 0 Å². The van der Waals surface area contributed by atoms with Crippen LogP contribution in [0.15, 0.2) is 5.28 Å². The average molecular weight is 302 g/mol. The van der Waals surface area contributed by atoms with Gasteiger partial charge in [0.2, 0.25) is 23.3 Å². The van der Waals surface area contributed by atoms with Gasteiger partial charge in [0, 0.05) is 19.3 Å². The summed E-state index contributed by atoms with van der Waals surface area (Å²) >= 11 is 0. The van der Waals surface area contributed by atoms with Gasteiger partial charge in [-0.15, -0.1) is 5.01 Å². The van der Waals surface area contributed by atoms with Gasteiger partial charge >= 0.3 is 5.97 Å². The maximum Gasteiger partial charge on any atom is 0.303 e. The second kappa shape index (κ2) is 7.41. The molecule has 0 aromatic rings. The van der Waals surface area contributed by atoms with Crippen molar-refractivity contribution in [3.05, 3.63) is 5.21 Å².